The van der Waals surface area contributed by atoms with Gasteiger partial charge in [-0.3, -0.25) is 14.3 Å². The zero-order valence-electron chi connectivity index (χ0n) is 20.3. The van der Waals surface area contributed by atoms with Gasteiger partial charge in [-0.15, -0.1) is 5.10 Å². The van der Waals surface area contributed by atoms with Gasteiger partial charge in [0, 0.05) is 13.0 Å². The summed E-state index contributed by atoms with van der Waals surface area (Å²) >= 11 is 0. The number of ether oxygens (including phenoxy) is 2. The number of aromatic amines is 1. The van der Waals surface area contributed by atoms with Crippen molar-refractivity contribution in [2.75, 3.05) is 6.61 Å². The highest BCUT2D eigenvalue weighted by Crippen LogP contribution is 2.24. The minimum absolute atomic E-state index is 0.116. The molecule has 1 saturated heterocycles. The second-order valence-corrected chi connectivity index (χ2v) is 9.02. The molecular weight excluding hydrogens is 438 g/mol. The fraction of sp³-hybridized carbons (Fsp3) is 0.696. The van der Waals surface area contributed by atoms with Gasteiger partial charge in [-0.1, -0.05) is 26.0 Å². The van der Waals surface area contributed by atoms with Gasteiger partial charge in [-0.25, -0.2) is 4.98 Å². The van der Waals surface area contributed by atoms with Crippen LogP contribution in [-0.2, 0) is 32.2 Å². The summed E-state index contributed by atoms with van der Waals surface area (Å²) in [5.74, 6) is 0.0516. The van der Waals surface area contributed by atoms with Crippen LogP contribution in [0.25, 0.3) is 0 Å². The van der Waals surface area contributed by atoms with E-state index in [0.29, 0.717) is 36.6 Å². The number of rotatable bonds is 13. The monoisotopic (exact) mass is 475 g/mol. The maximum atomic E-state index is 12.7. The van der Waals surface area contributed by atoms with Crippen LogP contribution in [0, 0.1) is 5.92 Å². The van der Waals surface area contributed by atoms with E-state index in [1.807, 2.05) is 0 Å². The summed E-state index contributed by atoms with van der Waals surface area (Å²) in [4.78, 5) is 31.3. The summed E-state index contributed by atoms with van der Waals surface area (Å²) < 4.78 is 13.7. The molecule has 2 amide bonds. The van der Waals surface area contributed by atoms with Crippen molar-refractivity contribution in [1.82, 2.24) is 35.6 Å². The normalized spacial score (nSPS) is 19.2. The van der Waals surface area contributed by atoms with Gasteiger partial charge in [0.1, 0.15) is 11.7 Å². The molecule has 3 rings (SSSR count). The maximum Gasteiger partial charge on any atom is 0.249 e. The SMILES string of the molecule is CCC(=O)NC(C(=O)NCc1cn(CCCOC2CCCC(CC(C)C)O2)nn1)c1cnc[nH]1. The molecule has 0 saturated carbocycles. The van der Waals surface area contributed by atoms with Crippen LogP contribution in [0.15, 0.2) is 18.7 Å². The lowest BCUT2D eigenvalue weighted by atomic mass is 9.99. The minimum atomic E-state index is -0.843. The van der Waals surface area contributed by atoms with Crippen LogP contribution in [0.3, 0.4) is 0 Å². The third kappa shape index (κ3) is 8.21. The van der Waals surface area contributed by atoms with E-state index in [9.17, 15) is 9.59 Å². The molecule has 11 nitrogen and oxygen atoms in total. The standard InChI is InChI=1S/C23H37N7O4/c1-4-20(31)27-22(19-13-24-15-26-19)23(32)25-12-17-14-30(29-28-17)9-6-10-33-21-8-5-7-18(34-21)11-16(2)3/h13-16,18,21-22H,4-12H2,1-3H3,(H,24,26)(H,25,32)(H,27,31). The molecule has 0 radical (unpaired) electrons. The molecule has 0 aromatic carbocycles. The first kappa shape index (κ1) is 25.8. The summed E-state index contributed by atoms with van der Waals surface area (Å²) in [5.41, 5.74) is 1.15. The molecule has 2 aromatic rings. The highest BCUT2D eigenvalue weighted by atomic mass is 16.7. The van der Waals surface area contributed by atoms with Crippen molar-refractivity contribution < 1.29 is 19.1 Å². The van der Waals surface area contributed by atoms with E-state index in [0.717, 1.165) is 32.1 Å². The molecule has 3 unspecified atom stereocenters. The van der Waals surface area contributed by atoms with Crippen molar-refractivity contribution in [3.8, 4) is 0 Å². The molecule has 1 aliphatic heterocycles. The van der Waals surface area contributed by atoms with E-state index < -0.39 is 6.04 Å². The average molecular weight is 476 g/mol. The number of nitrogens with zero attached hydrogens (tertiary/aromatic N) is 4. The van der Waals surface area contributed by atoms with E-state index in [1.54, 1.807) is 17.8 Å². The Kier molecular flexibility index (Phi) is 10.0. The van der Waals surface area contributed by atoms with Crippen molar-refractivity contribution >= 4 is 11.8 Å². The van der Waals surface area contributed by atoms with Crippen LogP contribution in [0.5, 0.6) is 0 Å². The van der Waals surface area contributed by atoms with E-state index in [2.05, 4.69) is 44.8 Å². The molecule has 0 aliphatic carbocycles. The molecule has 188 valence electrons. The smallest absolute Gasteiger partial charge is 0.249 e. The second kappa shape index (κ2) is 13.2. The van der Waals surface area contributed by atoms with Crippen LogP contribution in [-0.4, -0.2) is 55.8 Å². The van der Waals surface area contributed by atoms with Crippen molar-refractivity contribution in [3.05, 3.63) is 30.1 Å². The van der Waals surface area contributed by atoms with Gasteiger partial charge in [0.05, 0.1) is 43.7 Å². The predicted octanol–water partition coefficient (Wildman–Crippen LogP) is 2.23. The lowest BCUT2D eigenvalue weighted by Gasteiger charge is -2.30. The lowest BCUT2D eigenvalue weighted by Crippen LogP contribution is -2.40. The van der Waals surface area contributed by atoms with E-state index in [1.165, 1.54) is 12.5 Å². The topological polar surface area (TPSA) is 136 Å². The Bertz CT molecular complexity index is 884. The number of amides is 2. The molecule has 1 fully saturated rings. The van der Waals surface area contributed by atoms with Crippen molar-refractivity contribution in [1.29, 1.82) is 0 Å². The van der Waals surface area contributed by atoms with Gasteiger partial charge in [0.15, 0.2) is 6.29 Å². The van der Waals surface area contributed by atoms with Crippen LogP contribution >= 0.6 is 0 Å². The summed E-state index contributed by atoms with van der Waals surface area (Å²) in [6.45, 7) is 7.61. The fourth-order valence-corrected chi connectivity index (χ4v) is 3.91. The van der Waals surface area contributed by atoms with Crippen molar-refractivity contribution in [2.24, 2.45) is 5.92 Å². The summed E-state index contributed by atoms with van der Waals surface area (Å²) in [6.07, 6.45) is 10.3. The Labute approximate surface area is 200 Å². The lowest BCUT2D eigenvalue weighted by molar-refractivity contribution is -0.197. The first-order valence-corrected chi connectivity index (χ1v) is 12.2. The van der Waals surface area contributed by atoms with E-state index >= 15 is 0 Å². The Hall–Kier alpha value is -2.79. The molecule has 3 N–H and O–H groups in total. The van der Waals surface area contributed by atoms with E-state index in [-0.39, 0.29) is 31.1 Å². The van der Waals surface area contributed by atoms with Crippen LogP contribution in [0.1, 0.15) is 76.7 Å². The van der Waals surface area contributed by atoms with Crippen molar-refractivity contribution in [2.45, 2.75) is 90.8 Å². The number of carbonyl (C=O) groups excluding carboxylic acids is 2. The number of aryl methyl sites for hydroxylation is 1. The predicted molar refractivity (Wildman–Crippen MR) is 124 cm³/mol. The summed E-state index contributed by atoms with van der Waals surface area (Å²) in [6, 6.07) is -0.843. The highest BCUT2D eigenvalue weighted by Gasteiger charge is 2.24. The second-order valence-electron chi connectivity index (χ2n) is 9.02. The summed E-state index contributed by atoms with van der Waals surface area (Å²) in [5, 5.41) is 13.7. The van der Waals surface area contributed by atoms with Gasteiger partial charge in [-0.2, -0.15) is 0 Å². The van der Waals surface area contributed by atoms with Gasteiger partial charge in [0.25, 0.3) is 0 Å². The fourth-order valence-electron chi connectivity index (χ4n) is 3.91. The van der Waals surface area contributed by atoms with Crippen LogP contribution in [0.2, 0.25) is 0 Å². The van der Waals surface area contributed by atoms with Gasteiger partial charge >= 0.3 is 0 Å². The van der Waals surface area contributed by atoms with Gasteiger partial charge in [0.2, 0.25) is 11.8 Å². The number of H-pyrrole nitrogens is 1. The molecule has 11 heteroatoms. The van der Waals surface area contributed by atoms with E-state index in [4.69, 9.17) is 9.47 Å². The third-order valence-electron chi connectivity index (χ3n) is 5.63. The molecule has 3 atom stereocenters. The highest BCUT2D eigenvalue weighted by molar-refractivity contribution is 5.88. The zero-order chi connectivity index (χ0) is 24.3. The molecular formula is C23H37N7O4. The largest absolute Gasteiger partial charge is 0.353 e. The number of hydrogen-bond acceptors (Lipinski definition) is 7. The first-order chi connectivity index (χ1) is 16.4. The molecule has 0 bridgehead atoms. The Morgan fingerprint density at radius 2 is 2.21 bits per heavy atom. The molecule has 1 aliphatic rings. The molecule has 2 aromatic heterocycles. The number of aromatic nitrogens is 5. The maximum absolute atomic E-state index is 12.7. The Morgan fingerprint density at radius 1 is 1.35 bits per heavy atom. The quantitative estimate of drug-likeness (QED) is 0.378. The van der Waals surface area contributed by atoms with Crippen LogP contribution in [0.4, 0.5) is 0 Å². The van der Waals surface area contributed by atoms with Crippen molar-refractivity contribution in [3.63, 3.8) is 0 Å². The van der Waals surface area contributed by atoms with Crippen LogP contribution < -0.4 is 10.6 Å². The molecule has 3 heterocycles. The average Bonchev–Trinajstić information content (AvgIpc) is 3.51. The Morgan fingerprint density at radius 3 is 2.94 bits per heavy atom. The number of hydrogen-bond donors (Lipinski definition) is 3. The zero-order valence-corrected chi connectivity index (χ0v) is 20.3. The minimum Gasteiger partial charge on any atom is -0.353 e. The number of nitrogens with one attached hydrogen (secondary N) is 3. The molecule has 34 heavy (non-hydrogen) atoms. The third-order valence-corrected chi connectivity index (χ3v) is 5.63. The summed E-state index contributed by atoms with van der Waals surface area (Å²) in [7, 11) is 0. The first-order valence-electron chi connectivity index (χ1n) is 12.2. The Balaban J connectivity index is 1.38. The number of carbonyl (C=O) groups is 2. The van der Waals surface area contributed by atoms with Gasteiger partial charge < -0.3 is 25.1 Å². The molecule has 0 spiro atoms. The number of imidazole rings is 1. The van der Waals surface area contributed by atoms with Gasteiger partial charge in [-0.05, 0) is 38.0 Å².